The van der Waals surface area contributed by atoms with E-state index in [2.05, 4.69) is 22.8 Å². The number of nitrogens with one attached hydrogen (secondary N) is 1. The van der Waals surface area contributed by atoms with Gasteiger partial charge < -0.3 is 5.11 Å². The maximum Gasteiger partial charge on any atom is 0.240 e. The fourth-order valence-electron chi connectivity index (χ4n) is 2.43. The van der Waals surface area contributed by atoms with Crippen LogP contribution in [0, 0.1) is 11.8 Å². The average molecular weight is 325 g/mol. The highest BCUT2D eigenvalue weighted by Crippen LogP contribution is 2.29. The topological polar surface area (TPSA) is 66.4 Å². The third-order valence-electron chi connectivity index (χ3n) is 3.50. The van der Waals surface area contributed by atoms with E-state index < -0.39 is 10.0 Å². The van der Waals surface area contributed by atoms with Crippen LogP contribution in [0.4, 0.5) is 0 Å². The molecule has 114 valence electrons. The Morgan fingerprint density at radius 3 is 2.90 bits per heavy atom. The lowest BCUT2D eigenvalue weighted by molar-refractivity contribution is 0.350. The van der Waals surface area contributed by atoms with E-state index in [-0.39, 0.29) is 17.5 Å². The summed E-state index contributed by atoms with van der Waals surface area (Å²) in [7, 11) is -3.51. The summed E-state index contributed by atoms with van der Waals surface area (Å²) in [6.07, 6.45) is 4.88. The Morgan fingerprint density at radius 2 is 2.24 bits per heavy atom. The molecule has 0 radical (unpaired) electrons. The standard InChI is InChI=1S/C15H19NO3S2/c1-20-14-8-7-13(11-14)16-21(18,19)15-6-2-4-12(10-15)5-3-9-17/h2,4,6,10,13-14,16-17H,7-9,11H2,1H3. The highest BCUT2D eigenvalue weighted by atomic mass is 32.2. The molecule has 6 heteroatoms. The van der Waals surface area contributed by atoms with Gasteiger partial charge in [-0.25, -0.2) is 13.1 Å². The highest BCUT2D eigenvalue weighted by molar-refractivity contribution is 7.99. The zero-order valence-electron chi connectivity index (χ0n) is 11.9. The van der Waals surface area contributed by atoms with Crippen LogP contribution < -0.4 is 4.72 Å². The van der Waals surface area contributed by atoms with Crippen molar-refractivity contribution in [2.45, 2.75) is 35.4 Å². The first-order valence-electron chi connectivity index (χ1n) is 6.80. The number of sulfonamides is 1. The van der Waals surface area contributed by atoms with Crippen molar-refractivity contribution in [2.75, 3.05) is 12.9 Å². The van der Waals surface area contributed by atoms with Crippen LogP contribution in [0.3, 0.4) is 0 Å². The van der Waals surface area contributed by atoms with Crippen molar-refractivity contribution >= 4 is 21.8 Å². The van der Waals surface area contributed by atoms with Crippen molar-refractivity contribution in [1.29, 1.82) is 0 Å². The monoisotopic (exact) mass is 325 g/mol. The summed E-state index contributed by atoms with van der Waals surface area (Å²) >= 11 is 1.79. The maximum atomic E-state index is 12.4. The highest BCUT2D eigenvalue weighted by Gasteiger charge is 2.28. The third-order valence-corrected chi connectivity index (χ3v) is 6.11. The number of hydrogen-bond donors (Lipinski definition) is 2. The molecular weight excluding hydrogens is 306 g/mol. The summed E-state index contributed by atoms with van der Waals surface area (Å²) in [5.41, 5.74) is 0.584. The van der Waals surface area contributed by atoms with Crippen molar-refractivity contribution in [2.24, 2.45) is 0 Å². The molecule has 0 bridgehead atoms. The fourth-order valence-corrected chi connectivity index (χ4v) is 4.56. The third kappa shape index (κ3) is 4.48. The van der Waals surface area contributed by atoms with Crippen molar-refractivity contribution in [3.63, 3.8) is 0 Å². The first kappa shape index (κ1) is 16.4. The largest absolute Gasteiger partial charge is 0.384 e. The molecule has 2 atom stereocenters. The van der Waals surface area contributed by atoms with Crippen LogP contribution in [-0.4, -0.2) is 37.7 Å². The van der Waals surface area contributed by atoms with E-state index in [1.54, 1.807) is 30.0 Å². The normalized spacial score (nSPS) is 21.8. The predicted molar refractivity (Wildman–Crippen MR) is 85.7 cm³/mol. The SMILES string of the molecule is CSC1CCC(NS(=O)(=O)c2cccc(C#CCO)c2)C1. The van der Waals surface area contributed by atoms with Gasteiger partial charge in [-0.3, -0.25) is 0 Å². The predicted octanol–water partition coefficient (Wildman–Crippen LogP) is 1.59. The Morgan fingerprint density at radius 1 is 1.43 bits per heavy atom. The number of benzene rings is 1. The first-order valence-corrected chi connectivity index (χ1v) is 9.57. The molecule has 2 N–H and O–H groups in total. The summed E-state index contributed by atoms with van der Waals surface area (Å²) in [6, 6.07) is 6.50. The molecule has 0 aliphatic heterocycles. The van der Waals surface area contributed by atoms with Gasteiger partial charge in [0.15, 0.2) is 0 Å². The van der Waals surface area contributed by atoms with Gasteiger partial charge in [0, 0.05) is 16.9 Å². The molecule has 0 saturated heterocycles. The van der Waals surface area contributed by atoms with Gasteiger partial charge in [0.1, 0.15) is 6.61 Å². The Kier molecular flexibility index (Phi) is 5.71. The maximum absolute atomic E-state index is 12.4. The number of hydrogen-bond acceptors (Lipinski definition) is 4. The van der Waals surface area contributed by atoms with Gasteiger partial charge in [-0.2, -0.15) is 11.8 Å². The van der Waals surface area contributed by atoms with Crippen molar-refractivity contribution in [3.05, 3.63) is 29.8 Å². The number of aliphatic hydroxyl groups is 1. The summed E-state index contributed by atoms with van der Waals surface area (Å²) in [4.78, 5) is 0.222. The Labute approximate surface area is 130 Å². The molecule has 1 aliphatic rings. The number of rotatable bonds is 4. The molecule has 0 heterocycles. The minimum Gasteiger partial charge on any atom is -0.384 e. The van der Waals surface area contributed by atoms with Crippen LogP contribution in [0.1, 0.15) is 24.8 Å². The zero-order chi connectivity index (χ0) is 15.3. The van der Waals surface area contributed by atoms with E-state index in [9.17, 15) is 8.42 Å². The molecule has 1 saturated carbocycles. The average Bonchev–Trinajstić information content (AvgIpc) is 2.92. The van der Waals surface area contributed by atoms with Crippen LogP contribution in [0.15, 0.2) is 29.2 Å². The molecule has 0 amide bonds. The Hall–Kier alpha value is -1.00. The van der Waals surface area contributed by atoms with Crippen molar-refractivity contribution in [3.8, 4) is 11.8 Å². The molecule has 2 rings (SSSR count). The lowest BCUT2D eigenvalue weighted by Gasteiger charge is -2.13. The van der Waals surface area contributed by atoms with E-state index in [0.717, 1.165) is 19.3 Å². The summed E-state index contributed by atoms with van der Waals surface area (Å²) < 4.78 is 27.6. The lowest BCUT2D eigenvalue weighted by Crippen LogP contribution is -2.33. The summed E-state index contributed by atoms with van der Waals surface area (Å²) in [5, 5.41) is 9.23. The second-order valence-corrected chi connectivity index (χ2v) is 7.83. The Balaban J connectivity index is 2.12. The van der Waals surface area contributed by atoms with Crippen molar-refractivity contribution in [1.82, 2.24) is 4.72 Å². The second-order valence-electron chi connectivity index (χ2n) is 4.98. The molecule has 1 aliphatic carbocycles. The van der Waals surface area contributed by atoms with E-state index in [4.69, 9.17) is 5.11 Å². The van der Waals surface area contributed by atoms with E-state index in [1.165, 1.54) is 6.07 Å². The van der Waals surface area contributed by atoms with Crippen molar-refractivity contribution < 1.29 is 13.5 Å². The summed E-state index contributed by atoms with van der Waals surface area (Å²) in [6.45, 7) is -0.243. The first-order chi connectivity index (χ1) is 10.0. The molecule has 1 aromatic rings. The van der Waals surface area contributed by atoms with Gasteiger partial charge in [0.05, 0.1) is 4.90 Å². The molecule has 1 aromatic carbocycles. The smallest absolute Gasteiger partial charge is 0.240 e. The number of aliphatic hydroxyl groups excluding tert-OH is 1. The van der Waals surface area contributed by atoms with Gasteiger partial charge in [0.2, 0.25) is 10.0 Å². The zero-order valence-corrected chi connectivity index (χ0v) is 13.5. The summed E-state index contributed by atoms with van der Waals surface area (Å²) in [5.74, 6) is 5.24. The number of thioether (sulfide) groups is 1. The fraction of sp³-hybridized carbons (Fsp3) is 0.467. The quantitative estimate of drug-likeness (QED) is 0.825. The minimum absolute atomic E-state index is 0.0135. The van der Waals surface area contributed by atoms with Crippen LogP contribution >= 0.6 is 11.8 Å². The van der Waals surface area contributed by atoms with Gasteiger partial charge in [0.25, 0.3) is 0 Å². The lowest BCUT2D eigenvalue weighted by atomic mass is 10.2. The van der Waals surface area contributed by atoms with Gasteiger partial charge >= 0.3 is 0 Å². The second kappa shape index (κ2) is 7.32. The molecule has 0 aromatic heterocycles. The molecular formula is C15H19NO3S2. The van der Waals surface area contributed by atoms with E-state index in [1.807, 2.05) is 0 Å². The van der Waals surface area contributed by atoms with Gasteiger partial charge in [-0.15, -0.1) is 0 Å². The molecule has 1 fully saturated rings. The molecule has 21 heavy (non-hydrogen) atoms. The van der Waals surface area contributed by atoms with Crippen LogP contribution in [0.5, 0.6) is 0 Å². The molecule has 0 spiro atoms. The van der Waals surface area contributed by atoms with Crippen LogP contribution in [0.25, 0.3) is 0 Å². The van der Waals surface area contributed by atoms with E-state index in [0.29, 0.717) is 10.8 Å². The molecule has 2 unspecified atom stereocenters. The van der Waals surface area contributed by atoms with E-state index >= 15 is 0 Å². The van der Waals surface area contributed by atoms with Gasteiger partial charge in [-0.05, 0) is 43.7 Å². The minimum atomic E-state index is -3.51. The van der Waals surface area contributed by atoms with Crippen LogP contribution in [-0.2, 0) is 10.0 Å². The molecule has 4 nitrogen and oxygen atoms in total. The van der Waals surface area contributed by atoms with Crippen LogP contribution in [0.2, 0.25) is 0 Å². The Bertz CT molecular complexity index is 646. The van der Waals surface area contributed by atoms with Gasteiger partial charge in [-0.1, -0.05) is 17.9 Å².